The number of halogens is 2. The Bertz CT molecular complexity index is 1420. The number of ether oxygens (including phenoxy) is 1. The molecule has 2 N–H and O–H groups in total. The third-order valence-corrected chi connectivity index (χ3v) is 6.63. The number of hydrogen-bond acceptors (Lipinski definition) is 8. The molecular weight excluding hydrogens is 527 g/mol. The molecule has 0 radical (unpaired) electrons. The van der Waals surface area contributed by atoms with Gasteiger partial charge in [-0.1, -0.05) is 40.6 Å². The van der Waals surface area contributed by atoms with Gasteiger partial charge < -0.3 is 10.1 Å². The monoisotopic (exact) mass is 544 g/mol. The highest BCUT2D eigenvalue weighted by atomic mass is 35.5. The van der Waals surface area contributed by atoms with Crippen molar-refractivity contribution < 1.29 is 23.9 Å². The lowest BCUT2D eigenvalue weighted by atomic mass is 10.2. The summed E-state index contributed by atoms with van der Waals surface area (Å²) in [4.78, 5) is 55.5. The molecule has 1 aromatic heterocycles. The van der Waals surface area contributed by atoms with E-state index in [0.29, 0.717) is 32.5 Å². The molecular formula is C24H18Cl2N4O5S. The number of esters is 1. The van der Waals surface area contributed by atoms with Gasteiger partial charge in [0.05, 0.1) is 18.0 Å². The van der Waals surface area contributed by atoms with Crippen LogP contribution in [0.25, 0.3) is 0 Å². The largest absolute Gasteiger partial charge is 0.462 e. The van der Waals surface area contributed by atoms with E-state index < -0.39 is 23.7 Å². The first-order chi connectivity index (χ1) is 17.2. The van der Waals surface area contributed by atoms with Gasteiger partial charge in [0.25, 0.3) is 17.7 Å². The number of thiazole rings is 1. The second-order valence-corrected chi connectivity index (χ2v) is 9.24. The van der Waals surface area contributed by atoms with E-state index in [0.717, 1.165) is 16.2 Å². The van der Waals surface area contributed by atoms with Crippen molar-refractivity contribution in [2.24, 2.45) is 0 Å². The molecule has 0 fully saturated rings. The first kappa shape index (κ1) is 25.4. The zero-order valence-electron chi connectivity index (χ0n) is 18.9. The Morgan fingerprint density at radius 3 is 2.47 bits per heavy atom. The normalized spacial score (nSPS) is 13.3. The van der Waals surface area contributed by atoms with Gasteiger partial charge in [-0.15, -0.1) is 0 Å². The summed E-state index contributed by atoms with van der Waals surface area (Å²) in [5.41, 5.74) is 1.40. The van der Waals surface area contributed by atoms with Crippen LogP contribution >= 0.6 is 34.5 Å². The Morgan fingerprint density at radius 1 is 1.08 bits per heavy atom. The highest BCUT2D eigenvalue weighted by molar-refractivity contribution is 7.17. The topological polar surface area (TPSA) is 118 Å². The fourth-order valence-electron chi connectivity index (χ4n) is 3.32. The minimum atomic E-state index is -0.677. The second kappa shape index (κ2) is 10.5. The highest BCUT2D eigenvalue weighted by Gasteiger charge is 2.39. The summed E-state index contributed by atoms with van der Waals surface area (Å²) in [6.07, 6.45) is 0. The Balaban J connectivity index is 1.45. The predicted molar refractivity (Wildman–Crippen MR) is 138 cm³/mol. The van der Waals surface area contributed by atoms with E-state index in [2.05, 4.69) is 15.6 Å². The first-order valence-corrected chi connectivity index (χ1v) is 12.1. The van der Waals surface area contributed by atoms with Gasteiger partial charge in [-0.05, 0) is 56.3 Å². The van der Waals surface area contributed by atoms with E-state index in [-0.39, 0.29) is 22.5 Å². The van der Waals surface area contributed by atoms with E-state index in [1.807, 2.05) is 0 Å². The number of imide groups is 1. The molecule has 4 rings (SSSR count). The summed E-state index contributed by atoms with van der Waals surface area (Å²) in [7, 11) is 0. The van der Waals surface area contributed by atoms with Gasteiger partial charge in [0, 0.05) is 16.3 Å². The molecule has 9 nitrogen and oxygen atoms in total. The molecule has 0 atom stereocenters. The van der Waals surface area contributed by atoms with Crippen molar-refractivity contribution in [2.75, 3.05) is 22.1 Å². The average Bonchev–Trinajstić information content (AvgIpc) is 3.31. The lowest BCUT2D eigenvalue weighted by Crippen LogP contribution is -2.32. The number of benzene rings is 2. The number of carbonyl (C=O) groups excluding carboxylic acids is 4. The zero-order valence-corrected chi connectivity index (χ0v) is 21.3. The fourth-order valence-corrected chi connectivity index (χ4v) is 4.57. The summed E-state index contributed by atoms with van der Waals surface area (Å²) in [6, 6.07) is 12.5. The molecule has 2 heterocycles. The molecule has 184 valence electrons. The van der Waals surface area contributed by atoms with Crippen LogP contribution in [0.2, 0.25) is 5.02 Å². The van der Waals surface area contributed by atoms with Crippen LogP contribution in [-0.2, 0) is 14.3 Å². The van der Waals surface area contributed by atoms with Crippen LogP contribution in [0.4, 0.5) is 16.5 Å². The van der Waals surface area contributed by atoms with Crippen molar-refractivity contribution in [2.45, 2.75) is 13.8 Å². The van der Waals surface area contributed by atoms with Crippen LogP contribution in [0.3, 0.4) is 0 Å². The van der Waals surface area contributed by atoms with Gasteiger partial charge in [0.15, 0.2) is 5.13 Å². The third kappa shape index (κ3) is 5.11. The number of amides is 3. The van der Waals surface area contributed by atoms with Crippen LogP contribution in [0.1, 0.15) is 32.6 Å². The Labute approximate surface area is 219 Å². The summed E-state index contributed by atoms with van der Waals surface area (Å²) in [6.45, 7) is 3.59. The average molecular weight is 545 g/mol. The molecule has 2 aromatic carbocycles. The SMILES string of the molecule is CCOC(=O)c1sc(NC(=O)c2ccc(NC3=C(Cl)C(=O)N(c4cccc(Cl)c4)C3=O)cc2)nc1C. The molecule has 0 aliphatic carbocycles. The molecule has 12 heteroatoms. The van der Waals surface area contributed by atoms with Crippen molar-refractivity contribution in [1.29, 1.82) is 0 Å². The standard InChI is InChI=1S/C24H18Cl2N4O5S/c1-3-35-23(34)19-12(2)27-24(36-19)29-20(31)13-7-9-15(10-8-13)28-18-17(26)21(32)30(22(18)33)16-6-4-5-14(25)11-16/h4-11,28H,3H2,1-2H3,(H,27,29,31). The van der Waals surface area contributed by atoms with Crippen LogP contribution < -0.4 is 15.5 Å². The van der Waals surface area contributed by atoms with Crippen LogP contribution in [0.5, 0.6) is 0 Å². The summed E-state index contributed by atoms with van der Waals surface area (Å²) < 4.78 is 4.98. The van der Waals surface area contributed by atoms with Gasteiger partial charge in [-0.2, -0.15) is 0 Å². The van der Waals surface area contributed by atoms with Crippen molar-refractivity contribution in [3.05, 3.63) is 80.4 Å². The second-order valence-electron chi connectivity index (χ2n) is 7.43. The number of anilines is 3. The van der Waals surface area contributed by atoms with Gasteiger partial charge in [-0.3, -0.25) is 19.7 Å². The lowest BCUT2D eigenvalue weighted by Gasteiger charge is -2.15. The molecule has 3 aromatic rings. The Morgan fingerprint density at radius 2 is 1.81 bits per heavy atom. The van der Waals surface area contributed by atoms with E-state index in [4.69, 9.17) is 27.9 Å². The molecule has 3 amide bonds. The van der Waals surface area contributed by atoms with E-state index in [9.17, 15) is 19.2 Å². The molecule has 0 spiro atoms. The summed E-state index contributed by atoms with van der Waals surface area (Å²) in [5.74, 6) is -2.25. The highest BCUT2D eigenvalue weighted by Crippen LogP contribution is 2.31. The number of rotatable bonds is 7. The molecule has 0 saturated heterocycles. The van der Waals surface area contributed by atoms with Crippen LogP contribution in [0, 0.1) is 6.92 Å². The van der Waals surface area contributed by atoms with E-state index in [1.165, 1.54) is 18.2 Å². The van der Waals surface area contributed by atoms with Crippen molar-refractivity contribution in [3.8, 4) is 0 Å². The quantitative estimate of drug-likeness (QED) is 0.318. The smallest absolute Gasteiger partial charge is 0.350 e. The Hall–Kier alpha value is -3.73. The minimum Gasteiger partial charge on any atom is -0.462 e. The van der Waals surface area contributed by atoms with Crippen LogP contribution in [0.15, 0.2) is 59.3 Å². The molecule has 1 aliphatic rings. The molecule has 36 heavy (non-hydrogen) atoms. The maximum atomic E-state index is 12.9. The van der Waals surface area contributed by atoms with Crippen LogP contribution in [-0.4, -0.2) is 35.3 Å². The van der Waals surface area contributed by atoms with Crippen molar-refractivity contribution in [3.63, 3.8) is 0 Å². The number of nitrogens with zero attached hydrogens (tertiary/aromatic N) is 2. The molecule has 1 aliphatic heterocycles. The lowest BCUT2D eigenvalue weighted by molar-refractivity contribution is -0.120. The third-order valence-electron chi connectivity index (χ3n) is 4.99. The molecule has 0 bridgehead atoms. The van der Waals surface area contributed by atoms with Gasteiger partial charge >= 0.3 is 5.97 Å². The predicted octanol–water partition coefficient (Wildman–Crippen LogP) is 4.97. The van der Waals surface area contributed by atoms with E-state index >= 15 is 0 Å². The number of hydrogen-bond donors (Lipinski definition) is 2. The van der Waals surface area contributed by atoms with Gasteiger partial charge in [0.1, 0.15) is 15.6 Å². The number of carbonyl (C=O) groups is 4. The zero-order chi connectivity index (χ0) is 26.0. The number of aromatic nitrogens is 1. The first-order valence-electron chi connectivity index (χ1n) is 10.6. The number of nitrogens with one attached hydrogen (secondary N) is 2. The summed E-state index contributed by atoms with van der Waals surface area (Å²) in [5, 5.41) is 5.86. The molecule has 0 unspecified atom stereocenters. The number of aryl methyl sites for hydroxylation is 1. The summed E-state index contributed by atoms with van der Waals surface area (Å²) >= 11 is 13.2. The minimum absolute atomic E-state index is 0.0939. The maximum Gasteiger partial charge on any atom is 0.350 e. The Kier molecular flexibility index (Phi) is 7.39. The maximum absolute atomic E-state index is 12.9. The van der Waals surface area contributed by atoms with Crippen molar-refractivity contribution in [1.82, 2.24) is 4.98 Å². The van der Waals surface area contributed by atoms with Crippen molar-refractivity contribution >= 4 is 74.7 Å². The van der Waals surface area contributed by atoms with Gasteiger partial charge in [-0.25, -0.2) is 14.7 Å². The van der Waals surface area contributed by atoms with Gasteiger partial charge in [0.2, 0.25) is 0 Å². The van der Waals surface area contributed by atoms with E-state index in [1.54, 1.807) is 44.2 Å². The fraction of sp³-hybridized carbons (Fsp3) is 0.125. The molecule has 0 saturated carbocycles.